The topological polar surface area (TPSA) is 85.9 Å². The van der Waals surface area contributed by atoms with E-state index in [0.717, 1.165) is 5.75 Å². The zero-order chi connectivity index (χ0) is 18.9. The van der Waals surface area contributed by atoms with Gasteiger partial charge in [0.2, 0.25) is 18.6 Å². The van der Waals surface area contributed by atoms with Crippen LogP contribution < -0.4 is 24.8 Å². The molecule has 3 rings (SSSR count). The van der Waals surface area contributed by atoms with Crippen LogP contribution in [-0.4, -0.2) is 31.8 Å². The summed E-state index contributed by atoms with van der Waals surface area (Å²) in [7, 11) is 0. The Morgan fingerprint density at radius 1 is 0.963 bits per heavy atom. The van der Waals surface area contributed by atoms with Gasteiger partial charge in [-0.25, -0.2) is 0 Å². The Balaban J connectivity index is 1.27. The fourth-order valence-electron chi connectivity index (χ4n) is 2.54. The van der Waals surface area contributed by atoms with E-state index >= 15 is 0 Å². The van der Waals surface area contributed by atoms with Crippen LogP contribution in [0, 0.1) is 0 Å². The Morgan fingerprint density at radius 2 is 1.78 bits per heavy atom. The summed E-state index contributed by atoms with van der Waals surface area (Å²) in [5, 5.41) is 5.51. The Bertz CT molecular complexity index is 779. The van der Waals surface area contributed by atoms with E-state index in [9.17, 15) is 9.59 Å². The van der Waals surface area contributed by atoms with Crippen molar-refractivity contribution in [1.29, 1.82) is 0 Å². The van der Waals surface area contributed by atoms with E-state index < -0.39 is 0 Å². The van der Waals surface area contributed by atoms with Crippen LogP contribution >= 0.6 is 0 Å². The van der Waals surface area contributed by atoms with Crippen LogP contribution in [0.4, 0.5) is 5.69 Å². The summed E-state index contributed by atoms with van der Waals surface area (Å²) in [5.74, 6) is 1.79. The van der Waals surface area contributed by atoms with E-state index in [0.29, 0.717) is 36.6 Å². The number of carbonyl (C=O) groups excluding carboxylic acids is 2. The molecule has 0 atom stereocenters. The fraction of sp³-hybridized carbons (Fsp3) is 0.300. The third-order valence-corrected chi connectivity index (χ3v) is 3.89. The lowest BCUT2D eigenvalue weighted by Gasteiger charge is -2.08. The molecule has 1 aliphatic heterocycles. The molecule has 142 valence electrons. The Morgan fingerprint density at radius 3 is 2.63 bits per heavy atom. The molecule has 0 unspecified atom stereocenters. The Hall–Kier alpha value is -3.22. The fourth-order valence-corrected chi connectivity index (χ4v) is 2.54. The highest BCUT2D eigenvalue weighted by Gasteiger charge is 2.14. The number of fused-ring (bicyclic) bond motifs is 1. The number of nitrogens with one attached hydrogen (secondary N) is 2. The molecule has 0 aromatic heterocycles. The summed E-state index contributed by atoms with van der Waals surface area (Å²) in [6.45, 7) is 0.950. The third-order valence-electron chi connectivity index (χ3n) is 3.89. The van der Waals surface area contributed by atoms with Crippen LogP contribution in [0.2, 0.25) is 0 Å². The highest BCUT2D eigenvalue weighted by atomic mass is 16.7. The smallest absolute Gasteiger partial charge is 0.231 e. The highest BCUT2D eigenvalue weighted by molar-refractivity contribution is 5.91. The molecule has 1 heterocycles. The van der Waals surface area contributed by atoms with Gasteiger partial charge in [-0.3, -0.25) is 9.59 Å². The van der Waals surface area contributed by atoms with E-state index in [4.69, 9.17) is 14.2 Å². The second kappa shape index (κ2) is 9.47. The van der Waals surface area contributed by atoms with Crippen molar-refractivity contribution in [3.05, 3.63) is 48.5 Å². The maximum Gasteiger partial charge on any atom is 0.231 e. The first-order chi connectivity index (χ1) is 13.2. The molecule has 7 nitrogen and oxygen atoms in total. The molecule has 0 saturated heterocycles. The molecule has 2 aromatic rings. The quantitative estimate of drug-likeness (QED) is 0.663. The van der Waals surface area contributed by atoms with Crippen molar-refractivity contribution >= 4 is 17.5 Å². The first-order valence-corrected chi connectivity index (χ1v) is 8.85. The molecule has 0 bridgehead atoms. The standard InChI is InChI=1S/C20H22N2O5/c23-19(7-4-12-25-16-5-2-1-3-6-16)21-11-10-20(24)22-15-8-9-17-18(13-15)27-14-26-17/h1-3,5-6,8-9,13H,4,7,10-12,14H2,(H,21,23)(H,22,24). The molecule has 2 N–H and O–H groups in total. The number of amides is 2. The van der Waals surface area contributed by atoms with Crippen LogP contribution in [0.1, 0.15) is 19.3 Å². The van der Waals surface area contributed by atoms with E-state index in [2.05, 4.69) is 10.6 Å². The molecular formula is C20H22N2O5. The minimum atomic E-state index is -0.179. The van der Waals surface area contributed by atoms with Crippen LogP contribution in [0.15, 0.2) is 48.5 Å². The van der Waals surface area contributed by atoms with Gasteiger partial charge >= 0.3 is 0 Å². The number of hydrogen-bond acceptors (Lipinski definition) is 5. The third kappa shape index (κ3) is 5.91. The SMILES string of the molecule is O=C(CCCOc1ccccc1)NCCC(=O)Nc1ccc2c(c1)OCO2. The summed E-state index contributed by atoms with van der Waals surface area (Å²) in [4.78, 5) is 23.8. The summed E-state index contributed by atoms with van der Waals surface area (Å²) in [6, 6.07) is 14.7. The molecule has 0 aliphatic carbocycles. The van der Waals surface area contributed by atoms with Gasteiger partial charge in [0.1, 0.15) is 5.75 Å². The van der Waals surface area contributed by atoms with Crippen molar-refractivity contribution in [3.63, 3.8) is 0 Å². The number of anilines is 1. The van der Waals surface area contributed by atoms with Crippen LogP contribution in [0.25, 0.3) is 0 Å². The van der Waals surface area contributed by atoms with Crippen molar-refractivity contribution < 1.29 is 23.8 Å². The van der Waals surface area contributed by atoms with E-state index in [1.807, 2.05) is 30.3 Å². The summed E-state index contributed by atoms with van der Waals surface area (Å²) in [6.07, 6.45) is 1.17. The first kappa shape index (κ1) is 18.6. The van der Waals surface area contributed by atoms with Crippen molar-refractivity contribution in [2.45, 2.75) is 19.3 Å². The number of rotatable bonds is 9. The van der Waals surface area contributed by atoms with E-state index in [1.165, 1.54) is 0 Å². The predicted octanol–water partition coefficient (Wildman–Crippen LogP) is 2.72. The molecule has 2 aromatic carbocycles. The van der Waals surface area contributed by atoms with Crippen molar-refractivity contribution in [1.82, 2.24) is 5.32 Å². The zero-order valence-electron chi connectivity index (χ0n) is 14.9. The second-order valence-corrected chi connectivity index (χ2v) is 5.98. The van der Waals surface area contributed by atoms with Gasteiger partial charge in [0.25, 0.3) is 0 Å². The highest BCUT2D eigenvalue weighted by Crippen LogP contribution is 2.34. The van der Waals surface area contributed by atoms with Crippen molar-refractivity contribution in [2.24, 2.45) is 0 Å². The van der Waals surface area contributed by atoms with Crippen LogP contribution in [-0.2, 0) is 9.59 Å². The lowest BCUT2D eigenvalue weighted by atomic mass is 10.2. The van der Waals surface area contributed by atoms with Gasteiger partial charge in [-0.2, -0.15) is 0 Å². The minimum absolute atomic E-state index is 0.0949. The Labute approximate surface area is 157 Å². The normalized spacial score (nSPS) is 11.7. The number of carbonyl (C=O) groups is 2. The maximum atomic E-state index is 12.0. The van der Waals surface area contributed by atoms with Gasteiger partial charge in [-0.05, 0) is 30.7 Å². The zero-order valence-corrected chi connectivity index (χ0v) is 14.9. The molecule has 0 radical (unpaired) electrons. The summed E-state index contributed by atoms with van der Waals surface area (Å²) >= 11 is 0. The van der Waals surface area contributed by atoms with Crippen molar-refractivity contribution in [3.8, 4) is 17.2 Å². The maximum absolute atomic E-state index is 12.0. The van der Waals surface area contributed by atoms with Gasteiger partial charge in [0, 0.05) is 31.1 Å². The lowest BCUT2D eigenvalue weighted by molar-refractivity contribution is -0.121. The summed E-state index contributed by atoms with van der Waals surface area (Å²) < 4.78 is 16.0. The van der Waals surface area contributed by atoms with Gasteiger partial charge in [-0.15, -0.1) is 0 Å². The monoisotopic (exact) mass is 370 g/mol. The molecule has 7 heteroatoms. The second-order valence-electron chi connectivity index (χ2n) is 5.98. The van der Waals surface area contributed by atoms with Gasteiger partial charge in [-0.1, -0.05) is 18.2 Å². The molecular weight excluding hydrogens is 348 g/mol. The number of para-hydroxylation sites is 1. The van der Waals surface area contributed by atoms with E-state index in [-0.39, 0.29) is 31.6 Å². The molecule has 2 amide bonds. The number of ether oxygens (including phenoxy) is 3. The summed E-state index contributed by atoms with van der Waals surface area (Å²) in [5.41, 5.74) is 0.633. The number of benzene rings is 2. The largest absolute Gasteiger partial charge is 0.494 e. The number of hydrogen-bond donors (Lipinski definition) is 2. The predicted molar refractivity (Wildman–Crippen MR) is 100.0 cm³/mol. The van der Waals surface area contributed by atoms with Crippen LogP contribution in [0.5, 0.6) is 17.2 Å². The average Bonchev–Trinajstić information content (AvgIpc) is 3.14. The van der Waals surface area contributed by atoms with Crippen LogP contribution in [0.3, 0.4) is 0 Å². The first-order valence-electron chi connectivity index (χ1n) is 8.85. The van der Waals surface area contributed by atoms with E-state index in [1.54, 1.807) is 18.2 Å². The van der Waals surface area contributed by atoms with Gasteiger partial charge in [0.15, 0.2) is 11.5 Å². The molecule has 0 fully saturated rings. The van der Waals surface area contributed by atoms with Gasteiger partial charge < -0.3 is 24.8 Å². The Kier molecular flexibility index (Phi) is 6.51. The average molecular weight is 370 g/mol. The molecule has 0 spiro atoms. The minimum Gasteiger partial charge on any atom is -0.494 e. The lowest BCUT2D eigenvalue weighted by Crippen LogP contribution is -2.27. The molecule has 0 saturated carbocycles. The van der Waals surface area contributed by atoms with Gasteiger partial charge in [0.05, 0.1) is 6.61 Å². The molecule has 1 aliphatic rings. The molecule has 27 heavy (non-hydrogen) atoms. The van der Waals surface area contributed by atoms with Crippen molar-refractivity contribution in [2.75, 3.05) is 25.3 Å².